The average Bonchev–Trinajstić information content (AvgIpc) is 2.58. The van der Waals surface area contributed by atoms with Gasteiger partial charge in [-0.1, -0.05) is 42.3 Å². The highest BCUT2D eigenvalue weighted by molar-refractivity contribution is 6.43. The Hall–Kier alpha value is -1.36. The Bertz CT molecular complexity index is 768. The van der Waals surface area contributed by atoms with Crippen LogP contribution in [0.3, 0.4) is 0 Å². The van der Waals surface area contributed by atoms with E-state index in [2.05, 4.69) is 23.7 Å². The highest BCUT2D eigenvalue weighted by Gasteiger charge is 2.33. The Morgan fingerprint density at radius 1 is 1.24 bits per heavy atom. The Balaban J connectivity index is 1.83. The van der Waals surface area contributed by atoms with Crippen molar-refractivity contribution in [2.24, 2.45) is 11.1 Å². The smallest absolute Gasteiger partial charge is 0.147 e. The van der Waals surface area contributed by atoms with Crippen LogP contribution in [-0.4, -0.2) is 29.1 Å². The largest absolute Gasteiger partial charge is 0.355 e. The molecule has 134 valence electrons. The summed E-state index contributed by atoms with van der Waals surface area (Å²) < 4.78 is 0. The van der Waals surface area contributed by atoms with Gasteiger partial charge >= 0.3 is 0 Å². The highest BCUT2D eigenvalue weighted by atomic mass is 35.5. The van der Waals surface area contributed by atoms with Gasteiger partial charge in [0, 0.05) is 24.7 Å². The zero-order valence-corrected chi connectivity index (χ0v) is 16.4. The number of nitrogens with two attached hydrogens (primary N) is 1. The van der Waals surface area contributed by atoms with E-state index in [0.717, 1.165) is 48.7 Å². The topological polar surface area (TPSA) is 55.0 Å². The van der Waals surface area contributed by atoms with Crippen molar-refractivity contribution in [1.82, 2.24) is 9.97 Å². The van der Waals surface area contributed by atoms with Crippen molar-refractivity contribution < 1.29 is 0 Å². The van der Waals surface area contributed by atoms with Crippen LogP contribution >= 0.6 is 23.2 Å². The van der Waals surface area contributed by atoms with Gasteiger partial charge in [0.1, 0.15) is 5.82 Å². The Morgan fingerprint density at radius 3 is 2.52 bits per heavy atom. The molecule has 0 spiro atoms. The third kappa shape index (κ3) is 3.62. The van der Waals surface area contributed by atoms with Gasteiger partial charge in [0.05, 0.1) is 27.6 Å². The van der Waals surface area contributed by atoms with Crippen molar-refractivity contribution in [3.8, 4) is 11.3 Å². The summed E-state index contributed by atoms with van der Waals surface area (Å²) in [5, 5.41) is 1.04. The Morgan fingerprint density at radius 2 is 1.92 bits per heavy atom. The zero-order valence-electron chi connectivity index (χ0n) is 14.9. The van der Waals surface area contributed by atoms with Gasteiger partial charge in [-0.05, 0) is 38.2 Å². The molecule has 25 heavy (non-hydrogen) atoms. The fourth-order valence-corrected chi connectivity index (χ4v) is 3.66. The number of hydrogen-bond donors (Lipinski definition) is 1. The summed E-state index contributed by atoms with van der Waals surface area (Å²) in [6, 6.07) is 5.76. The SMILES string of the molecule is Cc1nc(N2CCC(C)(C(C)N)CC2)cnc1-c1cccc(Cl)c1Cl. The van der Waals surface area contributed by atoms with Gasteiger partial charge in [-0.25, -0.2) is 4.98 Å². The minimum absolute atomic E-state index is 0.202. The average molecular weight is 379 g/mol. The number of nitrogens with zero attached hydrogens (tertiary/aromatic N) is 3. The van der Waals surface area contributed by atoms with Crippen LogP contribution in [-0.2, 0) is 0 Å². The normalized spacial score (nSPS) is 18.2. The van der Waals surface area contributed by atoms with Gasteiger partial charge in [-0.3, -0.25) is 4.98 Å². The quantitative estimate of drug-likeness (QED) is 0.839. The predicted octanol–water partition coefficient (Wildman–Crippen LogP) is 4.71. The van der Waals surface area contributed by atoms with Crippen LogP contribution in [0.1, 0.15) is 32.4 Å². The number of benzene rings is 1. The molecule has 0 aliphatic carbocycles. The molecule has 2 heterocycles. The van der Waals surface area contributed by atoms with Crippen LogP contribution in [0.2, 0.25) is 10.0 Å². The van der Waals surface area contributed by atoms with E-state index < -0.39 is 0 Å². The monoisotopic (exact) mass is 378 g/mol. The first-order valence-corrected chi connectivity index (χ1v) is 9.36. The van der Waals surface area contributed by atoms with E-state index in [9.17, 15) is 0 Å². The lowest BCUT2D eigenvalue weighted by atomic mass is 9.75. The minimum atomic E-state index is 0.202. The minimum Gasteiger partial charge on any atom is -0.355 e. The predicted molar refractivity (Wildman–Crippen MR) is 105 cm³/mol. The first kappa shape index (κ1) is 18.4. The second-order valence-corrected chi connectivity index (χ2v) is 7.98. The standard InChI is InChI=1S/C19H24Cl2N4/c1-12-18(14-5-4-6-15(20)17(14)21)23-11-16(24-12)25-9-7-19(3,8-10-25)13(2)22/h4-6,11,13H,7-10,22H2,1-3H3. The van der Waals surface area contributed by atoms with Crippen molar-refractivity contribution >= 4 is 29.0 Å². The van der Waals surface area contributed by atoms with Crippen molar-refractivity contribution in [2.75, 3.05) is 18.0 Å². The molecule has 0 saturated carbocycles. The lowest BCUT2D eigenvalue weighted by Gasteiger charge is -2.42. The fourth-order valence-electron chi connectivity index (χ4n) is 3.27. The van der Waals surface area contributed by atoms with Gasteiger partial charge in [0.25, 0.3) is 0 Å². The number of aromatic nitrogens is 2. The molecular formula is C19H24Cl2N4. The third-order valence-electron chi connectivity index (χ3n) is 5.47. The molecule has 1 atom stereocenters. The van der Waals surface area contributed by atoms with E-state index in [1.807, 2.05) is 25.3 Å². The molecule has 3 rings (SSSR count). The molecule has 2 aromatic rings. The van der Waals surface area contributed by atoms with Crippen LogP contribution in [0.25, 0.3) is 11.3 Å². The van der Waals surface area contributed by atoms with Gasteiger partial charge in [0.15, 0.2) is 0 Å². The molecule has 1 aromatic heterocycles. The second kappa shape index (κ2) is 7.10. The number of halogens is 2. The van der Waals surface area contributed by atoms with E-state index in [0.29, 0.717) is 10.0 Å². The molecule has 1 aliphatic rings. The summed E-state index contributed by atoms with van der Waals surface area (Å²) in [5.74, 6) is 0.908. The first-order valence-electron chi connectivity index (χ1n) is 8.60. The molecular weight excluding hydrogens is 355 g/mol. The zero-order chi connectivity index (χ0) is 18.2. The maximum absolute atomic E-state index is 6.33. The molecule has 1 aliphatic heterocycles. The lowest BCUT2D eigenvalue weighted by Crippen LogP contribution is -2.47. The number of aryl methyl sites for hydroxylation is 1. The van der Waals surface area contributed by atoms with Crippen molar-refractivity contribution in [1.29, 1.82) is 0 Å². The van der Waals surface area contributed by atoms with Crippen molar-refractivity contribution in [3.63, 3.8) is 0 Å². The number of anilines is 1. The van der Waals surface area contributed by atoms with E-state index in [1.165, 1.54) is 0 Å². The molecule has 4 nitrogen and oxygen atoms in total. The number of rotatable bonds is 3. The van der Waals surface area contributed by atoms with Crippen molar-refractivity contribution in [3.05, 3.63) is 40.1 Å². The maximum Gasteiger partial charge on any atom is 0.147 e. The van der Waals surface area contributed by atoms with Gasteiger partial charge in [0.2, 0.25) is 0 Å². The van der Waals surface area contributed by atoms with E-state index in [1.54, 1.807) is 6.07 Å². The molecule has 6 heteroatoms. The summed E-state index contributed by atoms with van der Waals surface area (Å²) in [4.78, 5) is 11.7. The summed E-state index contributed by atoms with van der Waals surface area (Å²) >= 11 is 12.4. The van der Waals surface area contributed by atoms with Crippen molar-refractivity contribution in [2.45, 2.75) is 39.7 Å². The van der Waals surface area contributed by atoms with Gasteiger partial charge in [-0.15, -0.1) is 0 Å². The van der Waals surface area contributed by atoms with Crippen LogP contribution in [0.4, 0.5) is 5.82 Å². The van der Waals surface area contributed by atoms with E-state index in [4.69, 9.17) is 33.9 Å². The Labute approximate surface area is 159 Å². The molecule has 1 aromatic carbocycles. The molecule has 0 radical (unpaired) electrons. The van der Waals surface area contributed by atoms with Crippen LogP contribution in [0.5, 0.6) is 0 Å². The fraction of sp³-hybridized carbons (Fsp3) is 0.474. The molecule has 2 N–H and O–H groups in total. The molecule has 1 fully saturated rings. The molecule has 1 saturated heterocycles. The number of hydrogen-bond acceptors (Lipinski definition) is 4. The lowest BCUT2D eigenvalue weighted by molar-refractivity contribution is 0.205. The van der Waals surface area contributed by atoms with Gasteiger partial charge in [-0.2, -0.15) is 0 Å². The van der Waals surface area contributed by atoms with Crippen LogP contribution < -0.4 is 10.6 Å². The third-order valence-corrected chi connectivity index (χ3v) is 6.29. The summed E-state index contributed by atoms with van der Waals surface area (Å²) in [6.45, 7) is 8.23. The maximum atomic E-state index is 6.33. The summed E-state index contributed by atoms with van der Waals surface area (Å²) in [7, 11) is 0. The molecule has 0 bridgehead atoms. The van der Waals surface area contributed by atoms with Gasteiger partial charge < -0.3 is 10.6 Å². The van der Waals surface area contributed by atoms with E-state index >= 15 is 0 Å². The second-order valence-electron chi connectivity index (χ2n) is 7.19. The summed E-state index contributed by atoms with van der Waals surface area (Å²) in [5.41, 5.74) is 8.79. The van der Waals surface area contributed by atoms with Crippen LogP contribution in [0.15, 0.2) is 24.4 Å². The first-order chi connectivity index (χ1) is 11.8. The molecule has 1 unspecified atom stereocenters. The summed E-state index contributed by atoms with van der Waals surface area (Å²) in [6.07, 6.45) is 3.95. The number of piperidine rings is 1. The van der Waals surface area contributed by atoms with E-state index in [-0.39, 0.29) is 11.5 Å². The highest BCUT2D eigenvalue weighted by Crippen LogP contribution is 2.36. The Kier molecular flexibility index (Phi) is 5.24. The van der Waals surface area contributed by atoms with Crippen LogP contribution in [0, 0.1) is 12.3 Å². The molecule has 0 amide bonds.